The van der Waals surface area contributed by atoms with Gasteiger partial charge in [-0.1, -0.05) is 6.92 Å². The fraction of sp³-hybridized carbons (Fsp3) is 0.381. The second kappa shape index (κ2) is 10.6. The summed E-state index contributed by atoms with van der Waals surface area (Å²) in [5.74, 6) is -1.46. The van der Waals surface area contributed by atoms with Gasteiger partial charge in [0.05, 0.1) is 24.0 Å². The summed E-state index contributed by atoms with van der Waals surface area (Å²) in [6.45, 7) is 5.71. The van der Waals surface area contributed by atoms with Gasteiger partial charge in [-0.05, 0) is 62.7 Å². The molecule has 2 aromatic carbocycles. The largest absolute Gasteiger partial charge is 0.491 e. The van der Waals surface area contributed by atoms with Crippen molar-refractivity contribution in [2.24, 2.45) is 0 Å². The van der Waals surface area contributed by atoms with Gasteiger partial charge < -0.3 is 14.8 Å². The molecule has 0 heterocycles. The molecule has 0 unspecified atom stereocenters. The molecule has 7 nitrogen and oxygen atoms in total. The van der Waals surface area contributed by atoms with Gasteiger partial charge in [0.15, 0.2) is 0 Å². The Morgan fingerprint density at radius 2 is 1.75 bits per heavy atom. The molecule has 0 spiro atoms. The SMILES string of the molecule is CCCOc1ccc(C(F)(F)F)cc1NC(=O)CS(=O)(=O)Nc1ccc(OC(C)C)cc1. The predicted molar refractivity (Wildman–Crippen MR) is 115 cm³/mol. The lowest BCUT2D eigenvalue weighted by Gasteiger charge is -2.15. The quantitative estimate of drug-likeness (QED) is 0.522. The number of rotatable bonds is 10. The first-order valence-electron chi connectivity index (χ1n) is 9.80. The molecular formula is C21H25F3N2O5S. The highest BCUT2D eigenvalue weighted by Crippen LogP contribution is 2.35. The standard InChI is InChI=1S/C21H25F3N2O5S/c1-4-11-30-19-10-5-15(21(22,23)24)12-18(19)25-20(27)13-32(28,29)26-16-6-8-17(9-7-16)31-14(2)3/h5-10,12,14,26H,4,11,13H2,1-3H3,(H,25,27). The van der Waals surface area contributed by atoms with Crippen LogP contribution in [0.15, 0.2) is 42.5 Å². The molecule has 2 N–H and O–H groups in total. The Labute approximate surface area is 185 Å². The molecule has 32 heavy (non-hydrogen) atoms. The normalized spacial score (nSPS) is 11.8. The lowest BCUT2D eigenvalue weighted by molar-refractivity contribution is -0.137. The van der Waals surface area contributed by atoms with E-state index in [9.17, 15) is 26.4 Å². The number of carbonyl (C=O) groups is 1. The van der Waals surface area contributed by atoms with E-state index in [1.165, 1.54) is 12.1 Å². The predicted octanol–water partition coefficient (Wildman–Crippen LogP) is 4.66. The van der Waals surface area contributed by atoms with Crippen LogP contribution in [-0.4, -0.2) is 32.8 Å². The van der Waals surface area contributed by atoms with Gasteiger partial charge in [0.1, 0.15) is 17.3 Å². The van der Waals surface area contributed by atoms with E-state index in [0.717, 1.165) is 12.1 Å². The molecule has 0 bridgehead atoms. The number of nitrogens with one attached hydrogen (secondary N) is 2. The summed E-state index contributed by atoms with van der Waals surface area (Å²) in [5.41, 5.74) is -1.05. The van der Waals surface area contributed by atoms with Crippen LogP contribution >= 0.6 is 0 Å². The molecule has 1 amide bonds. The lowest BCUT2D eigenvalue weighted by Crippen LogP contribution is -2.27. The number of hydrogen-bond donors (Lipinski definition) is 2. The van der Waals surface area contributed by atoms with Crippen molar-refractivity contribution in [2.75, 3.05) is 22.4 Å². The second-order valence-corrected chi connectivity index (χ2v) is 8.88. The van der Waals surface area contributed by atoms with Crippen LogP contribution in [-0.2, 0) is 21.0 Å². The summed E-state index contributed by atoms with van der Waals surface area (Å²) in [5, 5.41) is 2.20. The van der Waals surface area contributed by atoms with Gasteiger partial charge in [0.25, 0.3) is 0 Å². The van der Waals surface area contributed by atoms with Gasteiger partial charge in [0, 0.05) is 5.69 Å². The molecule has 176 valence electrons. The number of alkyl halides is 3. The Morgan fingerprint density at radius 1 is 1.09 bits per heavy atom. The number of amides is 1. The number of hydrogen-bond acceptors (Lipinski definition) is 5. The third kappa shape index (κ3) is 7.95. The van der Waals surface area contributed by atoms with E-state index in [-0.39, 0.29) is 29.8 Å². The van der Waals surface area contributed by atoms with Gasteiger partial charge >= 0.3 is 6.18 Å². The third-order valence-electron chi connectivity index (χ3n) is 3.86. The van der Waals surface area contributed by atoms with Crippen molar-refractivity contribution in [3.05, 3.63) is 48.0 Å². The lowest BCUT2D eigenvalue weighted by atomic mass is 10.1. The van der Waals surface area contributed by atoms with Crippen LogP contribution in [0.5, 0.6) is 11.5 Å². The Kier molecular flexibility index (Phi) is 8.37. The van der Waals surface area contributed by atoms with Crippen molar-refractivity contribution in [3.63, 3.8) is 0 Å². The van der Waals surface area contributed by atoms with Crippen molar-refractivity contribution >= 4 is 27.3 Å². The Hall–Kier alpha value is -2.95. The maximum atomic E-state index is 13.0. The van der Waals surface area contributed by atoms with Gasteiger partial charge in [-0.15, -0.1) is 0 Å². The smallest absolute Gasteiger partial charge is 0.416 e. The minimum Gasteiger partial charge on any atom is -0.491 e. The highest BCUT2D eigenvalue weighted by Gasteiger charge is 2.31. The van der Waals surface area contributed by atoms with Crippen LogP contribution in [0.2, 0.25) is 0 Å². The van der Waals surface area contributed by atoms with Gasteiger partial charge in [-0.25, -0.2) is 8.42 Å². The van der Waals surface area contributed by atoms with E-state index < -0.39 is 33.4 Å². The molecule has 0 saturated carbocycles. The number of benzene rings is 2. The zero-order valence-corrected chi connectivity index (χ0v) is 18.6. The average molecular weight is 475 g/mol. The van der Waals surface area contributed by atoms with E-state index in [1.807, 2.05) is 20.8 Å². The molecule has 0 aromatic heterocycles. The van der Waals surface area contributed by atoms with Crippen LogP contribution in [0.3, 0.4) is 0 Å². The molecule has 0 atom stereocenters. The summed E-state index contributed by atoms with van der Waals surface area (Å²) in [7, 11) is -4.12. The fourth-order valence-corrected chi connectivity index (χ4v) is 3.57. The first-order valence-corrected chi connectivity index (χ1v) is 11.5. The molecule has 0 aliphatic heterocycles. The van der Waals surface area contributed by atoms with Gasteiger partial charge in [-0.2, -0.15) is 13.2 Å². The van der Waals surface area contributed by atoms with Crippen molar-refractivity contribution in [3.8, 4) is 11.5 Å². The molecule has 2 rings (SSSR count). The summed E-state index contributed by atoms with van der Waals surface area (Å²) < 4.78 is 76.8. The molecule has 11 heteroatoms. The van der Waals surface area contributed by atoms with Crippen LogP contribution in [0.4, 0.5) is 24.5 Å². The molecule has 0 radical (unpaired) electrons. The van der Waals surface area contributed by atoms with Gasteiger partial charge in [-0.3, -0.25) is 9.52 Å². The number of carbonyl (C=O) groups excluding carboxylic acids is 1. The number of ether oxygens (including phenoxy) is 2. The number of sulfonamides is 1. The molecule has 0 saturated heterocycles. The first kappa shape index (κ1) is 25.3. The Bertz CT molecular complexity index is 1020. The van der Waals surface area contributed by atoms with Crippen molar-refractivity contribution in [2.45, 2.75) is 39.5 Å². The zero-order valence-electron chi connectivity index (χ0n) is 17.8. The minimum absolute atomic E-state index is 0.0132. The van der Waals surface area contributed by atoms with Crippen LogP contribution < -0.4 is 19.5 Å². The molecule has 0 fully saturated rings. The molecule has 0 aliphatic carbocycles. The van der Waals surface area contributed by atoms with Crippen LogP contribution in [0.1, 0.15) is 32.8 Å². The maximum Gasteiger partial charge on any atom is 0.416 e. The van der Waals surface area contributed by atoms with E-state index in [0.29, 0.717) is 18.2 Å². The van der Waals surface area contributed by atoms with Crippen molar-refractivity contribution in [1.82, 2.24) is 0 Å². The second-order valence-electron chi connectivity index (χ2n) is 7.16. The minimum atomic E-state index is -4.64. The molecule has 0 aliphatic rings. The zero-order chi connectivity index (χ0) is 23.9. The van der Waals surface area contributed by atoms with E-state index in [1.54, 1.807) is 12.1 Å². The molecular weight excluding hydrogens is 449 g/mol. The van der Waals surface area contributed by atoms with E-state index in [4.69, 9.17) is 9.47 Å². The summed E-state index contributed by atoms with van der Waals surface area (Å²) in [6, 6.07) is 8.69. The summed E-state index contributed by atoms with van der Waals surface area (Å²) in [6.07, 6.45) is -4.10. The Balaban J connectivity index is 2.11. The monoisotopic (exact) mass is 474 g/mol. The number of halogens is 3. The summed E-state index contributed by atoms with van der Waals surface area (Å²) in [4.78, 5) is 12.3. The topological polar surface area (TPSA) is 93.7 Å². The van der Waals surface area contributed by atoms with Crippen LogP contribution in [0.25, 0.3) is 0 Å². The third-order valence-corrected chi connectivity index (χ3v) is 5.05. The van der Waals surface area contributed by atoms with E-state index >= 15 is 0 Å². The molecule has 2 aromatic rings. The van der Waals surface area contributed by atoms with E-state index in [2.05, 4.69) is 10.0 Å². The highest BCUT2D eigenvalue weighted by atomic mass is 32.2. The highest BCUT2D eigenvalue weighted by molar-refractivity contribution is 7.93. The van der Waals surface area contributed by atoms with Crippen molar-refractivity contribution in [1.29, 1.82) is 0 Å². The van der Waals surface area contributed by atoms with Gasteiger partial charge in [0.2, 0.25) is 15.9 Å². The number of anilines is 2. The summed E-state index contributed by atoms with van der Waals surface area (Å²) >= 11 is 0. The first-order chi connectivity index (χ1) is 14.9. The van der Waals surface area contributed by atoms with Crippen molar-refractivity contribution < 1.29 is 35.9 Å². The van der Waals surface area contributed by atoms with Crippen LogP contribution in [0, 0.1) is 0 Å². The average Bonchev–Trinajstić information content (AvgIpc) is 2.66. The Morgan fingerprint density at radius 3 is 2.31 bits per heavy atom. The maximum absolute atomic E-state index is 13.0. The fourth-order valence-electron chi connectivity index (χ4n) is 2.59.